The van der Waals surface area contributed by atoms with E-state index < -0.39 is 0 Å². The maximum Gasteiger partial charge on any atom is 0.161 e. The molecule has 0 saturated heterocycles. The summed E-state index contributed by atoms with van der Waals surface area (Å²) in [4.78, 5) is 0. The highest BCUT2D eigenvalue weighted by molar-refractivity contribution is 9.10. The summed E-state index contributed by atoms with van der Waals surface area (Å²) in [5.41, 5.74) is 6.29. The Morgan fingerprint density at radius 1 is 1.56 bits per heavy atom. The van der Waals surface area contributed by atoms with Crippen LogP contribution < -0.4 is 15.8 Å². The standard InChI is InChI=1S/C10H14BrN3O2/c1-6(10(12)14-15)13-8-3-7(11)4-9(5-8)16-2/h3-6,13,15H,1-2H3,(H2,12,14). The van der Waals surface area contributed by atoms with Gasteiger partial charge in [0, 0.05) is 16.2 Å². The molecular formula is C10H14BrN3O2. The van der Waals surface area contributed by atoms with Crippen LogP contribution in [0.1, 0.15) is 6.92 Å². The van der Waals surface area contributed by atoms with Gasteiger partial charge in [-0.2, -0.15) is 0 Å². The Kier molecular flexibility index (Phi) is 4.42. The van der Waals surface area contributed by atoms with E-state index in [9.17, 15) is 0 Å². The van der Waals surface area contributed by atoms with E-state index in [1.54, 1.807) is 14.0 Å². The average molecular weight is 288 g/mol. The molecule has 1 aromatic carbocycles. The van der Waals surface area contributed by atoms with Crippen LogP contribution in [-0.2, 0) is 0 Å². The van der Waals surface area contributed by atoms with E-state index in [2.05, 4.69) is 26.4 Å². The number of ether oxygens (including phenoxy) is 1. The van der Waals surface area contributed by atoms with Gasteiger partial charge in [-0.1, -0.05) is 21.1 Å². The highest BCUT2D eigenvalue weighted by atomic mass is 79.9. The second-order valence-electron chi connectivity index (χ2n) is 3.27. The second kappa shape index (κ2) is 5.60. The minimum absolute atomic E-state index is 0.124. The van der Waals surface area contributed by atoms with Gasteiger partial charge < -0.3 is 21.0 Å². The van der Waals surface area contributed by atoms with Crippen LogP contribution >= 0.6 is 15.9 Å². The van der Waals surface area contributed by atoms with Crippen molar-refractivity contribution in [3.05, 3.63) is 22.7 Å². The van der Waals surface area contributed by atoms with Crippen molar-refractivity contribution in [3.8, 4) is 5.75 Å². The normalized spacial score (nSPS) is 13.3. The van der Waals surface area contributed by atoms with Crippen molar-refractivity contribution in [2.45, 2.75) is 13.0 Å². The van der Waals surface area contributed by atoms with Gasteiger partial charge in [0.25, 0.3) is 0 Å². The van der Waals surface area contributed by atoms with Crippen molar-refractivity contribution in [3.63, 3.8) is 0 Å². The molecule has 0 aromatic heterocycles. The van der Waals surface area contributed by atoms with E-state index in [1.165, 1.54) is 0 Å². The monoisotopic (exact) mass is 287 g/mol. The van der Waals surface area contributed by atoms with Gasteiger partial charge in [-0.25, -0.2) is 0 Å². The summed E-state index contributed by atoms with van der Waals surface area (Å²) in [5.74, 6) is 0.850. The van der Waals surface area contributed by atoms with Crippen LogP contribution in [0.5, 0.6) is 5.75 Å². The second-order valence-corrected chi connectivity index (χ2v) is 4.19. The molecule has 16 heavy (non-hydrogen) atoms. The number of methoxy groups -OCH3 is 1. The number of nitrogens with zero attached hydrogens (tertiary/aromatic N) is 1. The lowest BCUT2D eigenvalue weighted by molar-refractivity contribution is 0.316. The maximum absolute atomic E-state index is 8.53. The lowest BCUT2D eigenvalue weighted by Gasteiger charge is -2.14. The Bertz CT molecular complexity index is 396. The van der Waals surface area contributed by atoms with Crippen molar-refractivity contribution < 1.29 is 9.94 Å². The Morgan fingerprint density at radius 3 is 2.81 bits per heavy atom. The molecule has 0 radical (unpaired) electrons. The summed E-state index contributed by atoms with van der Waals surface area (Å²) in [5, 5.41) is 14.5. The molecule has 0 spiro atoms. The average Bonchev–Trinajstić information content (AvgIpc) is 2.26. The largest absolute Gasteiger partial charge is 0.497 e. The van der Waals surface area contributed by atoms with Crippen LogP contribution in [-0.4, -0.2) is 24.2 Å². The predicted molar refractivity (Wildman–Crippen MR) is 67.2 cm³/mol. The van der Waals surface area contributed by atoms with E-state index in [0.29, 0.717) is 0 Å². The fourth-order valence-electron chi connectivity index (χ4n) is 1.17. The molecule has 0 aliphatic carbocycles. The molecule has 4 N–H and O–H groups in total. The predicted octanol–water partition coefficient (Wildman–Crippen LogP) is 2.00. The first-order chi connectivity index (χ1) is 7.56. The van der Waals surface area contributed by atoms with Crippen LogP contribution in [0.25, 0.3) is 0 Å². The number of amidine groups is 1. The van der Waals surface area contributed by atoms with Crippen molar-refractivity contribution >= 4 is 27.5 Å². The molecule has 0 heterocycles. The number of oxime groups is 1. The lowest BCUT2D eigenvalue weighted by Crippen LogP contribution is -2.32. The number of hydrogen-bond acceptors (Lipinski definition) is 4. The number of benzene rings is 1. The molecule has 0 saturated carbocycles. The minimum Gasteiger partial charge on any atom is -0.497 e. The molecule has 0 aliphatic rings. The van der Waals surface area contributed by atoms with Gasteiger partial charge in [0.15, 0.2) is 5.84 Å². The van der Waals surface area contributed by atoms with Crippen LogP contribution in [0.3, 0.4) is 0 Å². The number of anilines is 1. The van der Waals surface area contributed by atoms with E-state index >= 15 is 0 Å². The molecule has 1 aromatic rings. The molecule has 1 unspecified atom stereocenters. The third-order valence-electron chi connectivity index (χ3n) is 2.05. The van der Waals surface area contributed by atoms with Crippen molar-refractivity contribution in [2.24, 2.45) is 10.9 Å². The molecule has 0 aliphatic heterocycles. The summed E-state index contributed by atoms with van der Waals surface area (Å²) in [6.45, 7) is 1.79. The van der Waals surface area contributed by atoms with E-state index in [1.807, 2.05) is 18.2 Å². The Morgan fingerprint density at radius 2 is 2.25 bits per heavy atom. The summed E-state index contributed by atoms with van der Waals surface area (Å²) in [6, 6.07) is 5.29. The van der Waals surface area contributed by atoms with Crippen LogP contribution in [0.2, 0.25) is 0 Å². The molecule has 88 valence electrons. The summed E-state index contributed by atoms with van der Waals surface area (Å²) in [6.07, 6.45) is 0. The van der Waals surface area contributed by atoms with Gasteiger partial charge in [-0.15, -0.1) is 0 Å². The lowest BCUT2D eigenvalue weighted by atomic mass is 10.2. The summed E-state index contributed by atoms with van der Waals surface area (Å²) < 4.78 is 6.01. The van der Waals surface area contributed by atoms with Crippen LogP contribution in [0.4, 0.5) is 5.69 Å². The van der Waals surface area contributed by atoms with Gasteiger partial charge in [0.2, 0.25) is 0 Å². The quantitative estimate of drug-likeness (QED) is 0.343. The van der Waals surface area contributed by atoms with Gasteiger partial charge in [0.1, 0.15) is 5.75 Å². The highest BCUT2D eigenvalue weighted by Crippen LogP contribution is 2.24. The number of nitrogens with two attached hydrogens (primary N) is 1. The molecule has 1 atom stereocenters. The number of rotatable bonds is 4. The summed E-state index contributed by atoms with van der Waals surface area (Å²) >= 11 is 3.37. The summed E-state index contributed by atoms with van der Waals surface area (Å²) in [7, 11) is 1.60. The Hall–Kier alpha value is -1.43. The molecule has 0 fully saturated rings. The fraction of sp³-hybridized carbons (Fsp3) is 0.300. The molecule has 1 rings (SSSR count). The third-order valence-corrected chi connectivity index (χ3v) is 2.51. The molecule has 0 bridgehead atoms. The van der Waals surface area contributed by atoms with Gasteiger partial charge in [-0.3, -0.25) is 0 Å². The van der Waals surface area contributed by atoms with E-state index in [0.717, 1.165) is 15.9 Å². The first kappa shape index (κ1) is 12.6. The van der Waals surface area contributed by atoms with E-state index in [4.69, 9.17) is 15.7 Å². The van der Waals surface area contributed by atoms with Crippen molar-refractivity contribution in [2.75, 3.05) is 12.4 Å². The van der Waals surface area contributed by atoms with Crippen LogP contribution in [0, 0.1) is 0 Å². The molecule has 5 nitrogen and oxygen atoms in total. The smallest absolute Gasteiger partial charge is 0.161 e. The number of hydrogen-bond donors (Lipinski definition) is 3. The minimum atomic E-state index is -0.260. The Balaban J connectivity index is 2.84. The van der Waals surface area contributed by atoms with Gasteiger partial charge in [0.05, 0.1) is 13.2 Å². The number of halogens is 1. The first-order valence-electron chi connectivity index (χ1n) is 4.65. The van der Waals surface area contributed by atoms with Gasteiger partial charge in [-0.05, 0) is 19.1 Å². The zero-order valence-electron chi connectivity index (χ0n) is 9.07. The fourth-order valence-corrected chi connectivity index (χ4v) is 1.65. The molecular weight excluding hydrogens is 274 g/mol. The van der Waals surface area contributed by atoms with E-state index in [-0.39, 0.29) is 11.9 Å². The van der Waals surface area contributed by atoms with Crippen LogP contribution in [0.15, 0.2) is 27.8 Å². The first-order valence-corrected chi connectivity index (χ1v) is 5.44. The highest BCUT2D eigenvalue weighted by Gasteiger charge is 2.08. The zero-order valence-corrected chi connectivity index (χ0v) is 10.7. The maximum atomic E-state index is 8.53. The Labute approximate surface area is 102 Å². The van der Waals surface area contributed by atoms with Crippen molar-refractivity contribution in [1.82, 2.24) is 0 Å². The van der Waals surface area contributed by atoms with Gasteiger partial charge >= 0.3 is 0 Å². The zero-order chi connectivity index (χ0) is 12.1. The third kappa shape index (κ3) is 3.30. The molecule has 0 amide bonds. The topological polar surface area (TPSA) is 79.9 Å². The number of nitrogens with one attached hydrogen (secondary N) is 1. The SMILES string of the molecule is COc1cc(Br)cc(NC(C)/C(N)=N/O)c1. The molecule has 6 heteroatoms. The van der Waals surface area contributed by atoms with Crippen molar-refractivity contribution in [1.29, 1.82) is 0 Å².